The molecule has 0 aliphatic carbocycles. The van der Waals surface area contributed by atoms with Crippen molar-refractivity contribution >= 4 is 0 Å². The minimum atomic E-state index is -1.53. The van der Waals surface area contributed by atoms with Gasteiger partial charge in [0.05, 0.1) is 6.61 Å². The Bertz CT molecular complexity index is 574. The summed E-state index contributed by atoms with van der Waals surface area (Å²) in [6, 6.07) is 4.50. The number of benzene rings is 1. The van der Waals surface area contributed by atoms with Gasteiger partial charge < -0.3 is 40.1 Å². The van der Waals surface area contributed by atoms with E-state index in [9.17, 15) is 25.5 Å². The normalized spacial score (nSPS) is 29.9. The highest BCUT2D eigenvalue weighted by Gasteiger charge is 2.44. The molecule has 2 rings (SSSR count). The standard InChI is InChI=1S/C17H24O8/c18-5-3-1-2-4-10-6-11(20)8-12(7-10)24-17-16(23)15(22)14(21)13(9-19)25-17/h1-2,6-8,13-23H,3-5,9H2/b2-1-/t13-,14-,15+,16-,17-/m1/s1. The number of hydrogen-bond acceptors (Lipinski definition) is 8. The van der Waals surface area contributed by atoms with Gasteiger partial charge in [0.1, 0.15) is 35.9 Å². The molecule has 0 aromatic heterocycles. The van der Waals surface area contributed by atoms with Crippen LogP contribution in [0.4, 0.5) is 0 Å². The van der Waals surface area contributed by atoms with Crippen molar-refractivity contribution in [3.63, 3.8) is 0 Å². The fraction of sp³-hybridized carbons (Fsp3) is 0.529. The molecular formula is C17H24O8. The molecule has 1 aromatic rings. The monoisotopic (exact) mass is 356 g/mol. The second-order valence-corrected chi connectivity index (χ2v) is 5.84. The topological polar surface area (TPSA) is 140 Å². The Balaban J connectivity index is 2.09. The highest BCUT2D eigenvalue weighted by atomic mass is 16.7. The lowest BCUT2D eigenvalue weighted by molar-refractivity contribution is -0.277. The van der Waals surface area contributed by atoms with E-state index in [0.717, 1.165) is 5.56 Å². The van der Waals surface area contributed by atoms with Crippen LogP contribution >= 0.6 is 0 Å². The summed E-state index contributed by atoms with van der Waals surface area (Å²) in [5.41, 5.74) is 0.730. The van der Waals surface area contributed by atoms with Crippen molar-refractivity contribution in [2.75, 3.05) is 13.2 Å². The molecule has 0 saturated carbocycles. The third-order valence-corrected chi connectivity index (χ3v) is 3.87. The molecule has 0 radical (unpaired) electrons. The molecule has 0 bridgehead atoms. The largest absolute Gasteiger partial charge is 0.508 e. The number of aliphatic hydroxyl groups excluding tert-OH is 5. The van der Waals surface area contributed by atoms with Gasteiger partial charge >= 0.3 is 0 Å². The van der Waals surface area contributed by atoms with Gasteiger partial charge in [0, 0.05) is 12.7 Å². The van der Waals surface area contributed by atoms with Gasteiger partial charge in [0.2, 0.25) is 6.29 Å². The number of aromatic hydroxyl groups is 1. The zero-order valence-electron chi connectivity index (χ0n) is 13.6. The summed E-state index contributed by atoms with van der Waals surface area (Å²) >= 11 is 0. The zero-order chi connectivity index (χ0) is 18.4. The van der Waals surface area contributed by atoms with Gasteiger partial charge in [-0.3, -0.25) is 0 Å². The molecule has 8 nitrogen and oxygen atoms in total. The van der Waals surface area contributed by atoms with Crippen molar-refractivity contribution in [2.24, 2.45) is 0 Å². The first-order valence-electron chi connectivity index (χ1n) is 8.02. The van der Waals surface area contributed by atoms with Crippen LogP contribution in [-0.2, 0) is 11.2 Å². The van der Waals surface area contributed by atoms with Crippen molar-refractivity contribution in [1.29, 1.82) is 0 Å². The molecule has 6 N–H and O–H groups in total. The lowest BCUT2D eigenvalue weighted by atomic mass is 9.99. The Hall–Kier alpha value is -1.68. The molecule has 0 amide bonds. The third-order valence-electron chi connectivity index (χ3n) is 3.87. The lowest BCUT2D eigenvalue weighted by Crippen LogP contribution is -2.60. The van der Waals surface area contributed by atoms with E-state index < -0.39 is 37.3 Å². The molecule has 8 heteroatoms. The summed E-state index contributed by atoms with van der Waals surface area (Å²) in [7, 11) is 0. The summed E-state index contributed by atoms with van der Waals surface area (Å²) in [6.45, 7) is -0.492. The Morgan fingerprint density at radius 2 is 1.76 bits per heavy atom. The van der Waals surface area contributed by atoms with Crippen LogP contribution in [0.3, 0.4) is 0 Å². The molecule has 1 saturated heterocycles. The van der Waals surface area contributed by atoms with E-state index in [0.29, 0.717) is 12.8 Å². The fourth-order valence-corrected chi connectivity index (χ4v) is 2.54. The molecule has 0 unspecified atom stereocenters. The quantitative estimate of drug-likeness (QED) is 0.344. The Labute approximate surface area is 145 Å². The fourth-order valence-electron chi connectivity index (χ4n) is 2.54. The summed E-state index contributed by atoms with van der Waals surface area (Å²) < 4.78 is 10.8. The first-order chi connectivity index (χ1) is 12.0. The van der Waals surface area contributed by atoms with E-state index in [-0.39, 0.29) is 18.1 Å². The van der Waals surface area contributed by atoms with Crippen molar-refractivity contribution in [3.8, 4) is 11.5 Å². The Kier molecular flexibility index (Phi) is 7.18. The predicted molar refractivity (Wildman–Crippen MR) is 87.0 cm³/mol. The molecule has 1 fully saturated rings. The lowest BCUT2D eigenvalue weighted by Gasteiger charge is -2.39. The summed E-state index contributed by atoms with van der Waals surface area (Å²) in [4.78, 5) is 0. The van der Waals surface area contributed by atoms with Crippen LogP contribution in [0.2, 0.25) is 0 Å². The summed E-state index contributed by atoms with van der Waals surface area (Å²) in [5, 5.41) is 57.2. The van der Waals surface area contributed by atoms with E-state index >= 15 is 0 Å². The molecule has 1 heterocycles. The second-order valence-electron chi connectivity index (χ2n) is 5.84. The van der Waals surface area contributed by atoms with Crippen molar-refractivity contribution in [2.45, 2.75) is 43.5 Å². The van der Waals surface area contributed by atoms with Crippen LogP contribution in [-0.4, -0.2) is 74.6 Å². The highest BCUT2D eigenvalue weighted by Crippen LogP contribution is 2.27. The average molecular weight is 356 g/mol. The van der Waals surface area contributed by atoms with Crippen molar-refractivity contribution in [3.05, 3.63) is 35.9 Å². The van der Waals surface area contributed by atoms with Gasteiger partial charge in [-0.2, -0.15) is 0 Å². The molecular weight excluding hydrogens is 332 g/mol. The number of phenolic OH excluding ortho intramolecular Hbond substituents is 1. The molecule has 1 aliphatic heterocycles. The van der Waals surface area contributed by atoms with E-state index in [1.807, 2.05) is 12.2 Å². The van der Waals surface area contributed by atoms with Crippen LogP contribution in [0.15, 0.2) is 30.4 Å². The molecule has 25 heavy (non-hydrogen) atoms. The third kappa shape index (κ3) is 5.15. The number of hydrogen-bond donors (Lipinski definition) is 6. The smallest absolute Gasteiger partial charge is 0.229 e. The van der Waals surface area contributed by atoms with Gasteiger partial charge in [-0.25, -0.2) is 0 Å². The van der Waals surface area contributed by atoms with Gasteiger partial charge in [0.25, 0.3) is 0 Å². The second kappa shape index (κ2) is 9.14. The van der Waals surface area contributed by atoms with Crippen LogP contribution < -0.4 is 4.74 Å². The first-order valence-corrected chi connectivity index (χ1v) is 8.02. The summed E-state index contributed by atoms with van der Waals surface area (Å²) in [6.07, 6.45) is -2.22. The highest BCUT2D eigenvalue weighted by molar-refractivity contribution is 5.38. The van der Waals surface area contributed by atoms with Crippen molar-refractivity contribution < 1.29 is 40.1 Å². The maximum atomic E-state index is 9.98. The Morgan fingerprint density at radius 1 is 1.00 bits per heavy atom. The van der Waals surface area contributed by atoms with E-state index in [1.54, 1.807) is 12.1 Å². The molecule has 140 valence electrons. The predicted octanol–water partition coefficient (Wildman–Crippen LogP) is -0.948. The number of ether oxygens (including phenoxy) is 2. The number of phenols is 1. The minimum Gasteiger partial charge on any atom is -0.508 e. The number of allylic oxidation sites excluding steroid dienone is 1. The van der Waals surface area contributed by atoms with Crippen LogP contribution in [0.5, 0.6) is 11.5 Å². The molecule has 1 aliphatic rings. The van der Waals surface area contributed by atoms with Gasteiger partial charge in [-0.05, 0) is 30.5 Å². The van der Waals surface area contributed by atoms with Crippen LogP contribution in [0.1, 0.15) is 12.0 Å². The SMILES string of the molecule is OCC/C=C\Cc1cc(O)cc(O[C@@H]2O[C@H](CO)[C@@H](O)[C@H](O)[C@H]2O)c1. The Morgan fingerprint density at radius 3 is 2.44 bits per heavy atom. The maximum absolute atomic E-state index is 9.98. The van der Waals surface area contributed by atoms with Gasteiger partial charge in [-0.1, -0.05) is 12.2 Å². The van der Waals surface area contributed by atoms with Crippen LogP contribution in [0, 0.1) is 0 Å². The zero-order valence-corrected chi connectivity index (χ0v) is 13.6. The van der Waals surface area contributed by atoms with E-state index in [2.05, 4.69) is 0 Å². The number of aliphatic hydroxyl groups is 5. The summed E-state index contributed by atoms with van der Waals surface area (Å²) in [5.74, 6) is 0.155. The maximum Gasteiger partial charge on any atom is 0.229 e. The molecule has 0 spiro atoms. The average Bonchev–Trinajstić information content (AvgIpc) is 2.59. The van der Waals surface area contributed by atoms with E-state index in [1.165, 1.54) is 6.07 Å². The van der Waals surface area contributed by atoms with Gasteiger partial charge in [-0.15, -0.1) is 0 Å². The van der Waals surface area contributed by atoms with Crippen molar-refractivity contribution in [1.82, 2.24) is 0 Å². The molecule has 5 atom stereocenters. The molecule has 1 aromatic carbocycles. The van der Waals surface area contributed by atoms with Gasteiger partial charge in [0.15, 0.2) is 0 Å². The first kappa shape index (κ1) is 19.6. The van der Waals surface area contributed by atoms with E-state index in [4.69, 9.17) is 14.6 Å². The van der Waals surface area contributed by atoms with Crippen LogP contribution in [0.25, 0.3) is 0 Å². The minimum absolute atomic E-state index is 0.0485. The number of rotatable bonds is 7.